The average Bonchev–Trinajstić information content (AvgIpc) is 3.04. The number of thiophene rings is 1. The maximum atomic E-state index is 12.4. The minimum absolute atomic E-state index is 0.00500. The fraction of sp³-hybridized carbons (Fsp3) is 0.455. The van der Waals surface area contributed by atoms with Gasteiger partial charge in [0.2, 0.25) is 0 Å². The Morgan fingerprint density at radius 2 is 2.21 bits per heavy atom. The van der Waals surface area contributed by atoms with Gasteiger partial charge in [0, 0.05) is 19.0 Å². The molecule has 0 bridgehead atoms. The van der Waals surface area contributed by atoms with E-state index in [1.807, 2.05) is 6.07 Å². The van der Waals surface area contributed by atoms with Gasteiger partial charge >= 0.3 is 5.97 Å². The van der Waals surface area contributed by atoms with Crippen molar-refractivity contribution in [3.63, 3.8) is 0 Å². The van der Waals surface area contributed by atoms with Crippen molar-refractivity contribution in [1.29, 1.82) is 5.26 Å². The number of carbonyl (C=O) groups is 1. The number of hydrogen-bond acceptors (Lipinski definition) is 5. The lowest BCUT2D eigenvalue weighted by Crippen LogP contribution is -2.33. The van der Waals surface area contributed by atoms with Crippen molar-refractivity contribution >= 4 is 27.3 Å². The summed E-state index contributed by atoms with van der Waals surface area (Å²) in [5.74, 6) is -1.14. The van der Waals surface area contributed by atoms with E-state index in [0.29, 0.717) is 0 Å². The molecule has 0 spiro atoms. The van der Waals surface area contributed by atoms with Crippen molar-refractivity contribution in [1.82, 2.24) is 4.31 Å². The number of nitriles is 1. The van der Waals surface area contributed by atoms with Crippen molar-refractivity contribution in [2.75, 3.05) is 6.54 Å². The van der Waals surface area contributed by atoms with Crippen LogP contribution in [0, 0.1) is 11.3 Å². The molecule has 0 atom stereocenters. The van der Waals surface area contributed by atoms with Gasteiger partial charge in [0.15, 0.2) is 0 Å². The van der Waals surface area contributed by atoms with Crippen LogP contribution < -0.4 is 0 Å². The van der Waals surface area contributed by atoms with Crippen molar-refractivity contribution < 1.29 is 18.3 Å². The molecule has 0 unspecified atom stereocenters. The zero-order chi connectivity index (χ0) is 14.0. The van der Waals surface area contributed by atoms with E-state index < -0.39 is 16.0 Å². The van der Waals surface area contributed by atoms with Gasteiger partial charge in [-0.2, -0.15) is 9.57 Å². The Balaban J connectivity index is 2.28. The molecule has 0 aliphatic heterocycles. The summed E-state index contributed by atoms with van der Waals surface area (Å²) >= 11 is 0.743. The zero-order valence-electron chi connectivity index (χ0n) is 9.94. The molecule has 1 aromatic rings. The highest BCUT2D eigenvalue weighted by atomic mass is 32.2. The van der Waals surface area contributed by atoms with Crippen molar-refractivity contribution in [2.24, 2.45) is 0 Å². The summed E-state index contributed by atoms with van der Waals surface area (Å²) in [5.41, 5.74) is 0. The Labute approximate surface area is 114 Å². The molecule has 1 saturated carbocycles. The second-order valence-electron chi connectivity index (χ2n) is 4.18. The van der Waals surface area contributed by atoms with Gasteiger partial charge in [-0.05, 0) is 25.0 Å². The van der Waals surface area contributed by atoms with E-state index in [9.17, 15) is 13.2 Å². The highest BCUT2D eigenvalue weighted by molar-refractivity contribution is 7.91. The van der Waals surface area contributed by atoms with Crippen LogP contribution in [0.1, 0.15) is 28.9 Å². The van der Waals surface area contributed by atoms with Gasteiger partial charge in [0.1, 0.15) is 9.09 Å². The van der Waals surface area contributed by atoms with Gasteiger partial charge in [-0.15, -0.1) is 11.3 Å². The number of nitrogens with zero attached hydrogens (tertiary/aromatic N) is 2. The third-order valence-electron chi connectivity index (χ3n) is 2.75. The maximum Gasteiger partial charge on any atom is 0.345 e. The van der Waals surface area contributed by atoms with E-state index in [1.54, 1.807) is 0 Å². The lowest BCUT2D eigenvalue weighted by molar-refractivity contribution is 0.0702. The Kier molecular flexibility index (Phi) is 3.89. The fourth-order valence-corrected chi connectivity index (χ4v) is 4.67. The predicted molar refractivity (Wildman–Crippen MR) is 68.4 cm³/mol. The molecule has 1 aromatic heterocycles. The second kappa shape index (κ2) is 5.28. The molecule has 2 rings (SSSR count). The predicted octanol–water partition coefficient (Wildman–Crippen LogP) is 1.51. The largest absolute Gasteiger partial charge is 0.477 e. The van der Waals surface area contributed by atoms with Crippen molar-refractivity contribution in [2.45, 2.75) is 29.5 Å². The summed E-state index contributed by atoms with van der Waals surface area (Å²) in [5, 5.41) is 17.4. The summed E-state index contributed by atoms with van der Waals surface area (Å²) in [4.78, 5) is 10.8. The van der Waals surface area contributed by atoms with Gasteiger partial charge in [0.25, 0.3) is 10.0 Å². The lowest BCUT2D eigenvalue weighted by atomic mass is 10.4. The molecule has 102 valence electrons. The number of sulfonamides is 1. The summed E-state index contributed by atoms with van der Waals surface area (Å²) in [6.45, 7) is 0.157. The Morgan fingerprint density at radius 3 is 2.68 bits per heavy atom. The Bertz CT molecular complexity index is 625. The van der Waals surface area contributed by atoms with Gasteiger partial charge in [0.05, 0.1) is 6.07 Å². The van der Waals surface area contributed by atoms with Crippen molar-refractivity contribution in [3.05, 3.63) is 17.0 Å². The SMILES string of the molecule is N#CCCN(C1CC1)S(=O)(=O)c1ccc(C(=O)O)s1. The molecule has 0 radical (unpaired) electrons. The molecule has 1 aliphatic rings. The van der Waals surface area contributed by atoms with Crippen LogP contribution in [-0.2, 0) is 10.0 Å². The molecular weight excluding hydrogens is 288 g/mol. The molecule has 0 saturated heterocycles. The van der Waals surface area contributed by atoms with Crippen LogP contribution in [-0.4, -0.2) is 36.4 Å². The molecule has 6 nitrogen and oxygen atoms in total. The van der Waals surface area contributed by atoms with Crippen LogP contribution >= 0.6 is 11.3 Å². The lowest BCUT2D eigenvalue weighted by Gasteiger charge is -2.19. The molecule has 1 fully saturated rings. The molecular formula is C11H12N2O4S2. The summed E-state index contributed by atoms with van der Waals surface area (Å²) in [7, 11) is -3.69. The highest BCUT2D eigenvalue weighted by Crippen LogP contribution is 2.34. The van der Waals surface area contributed by atoms with Crippen LogP contribution in [0.4, 0.5) is 0 Å². The van der Waals surface area contributed by atoms with Gasteiger partial charge in [-0.25, -0.2) is 13.2 Å². The number of hydrogen-bond donors (Lipinski definition) is 1. The topological polar surface area (TPSA) is 98.5 Å². The van der Waals surface area contributed by atoms with Crippen LogP contribution in [0.2, 0.25) is 0 Å². The minimum atomic E-state index is -3.69. The van der Waals surface area contributed by atoms with Gasteiger partial charge < -0.3 is 5.11 Å². The third kappa shape index (κ3) is 2.94. The van der Waals surface area contributed by atoms with E-state index in [2.05, 4.69) is 0 Å². The number of carboxylic acid groups (broad SMARTS) is 1. The Morgan fingerprint density at radius 1 is 1.53 bits per heavy atom. The van der Waals surface area contributed by atoms with Gasteiger partial charge in [-0.3, -0.25) is 0 Å². The van der Waals surface area contributed by atoms with Crippen LogP contribution in [0.5, 0.6) is 0 Å². The smallest absolute Gasteiger partial charge is 0.345 e. The molecule has 0 aromatic carbocycles. The second-order valence-corrected chi connectivity index (χ2v) is 7.38. The maximum absolute atomic E-state index is 12.4. The van der Waals surface area contributed by atoms with E-state index >= 15 is 0 Å². The normalized spacial score (nSPS) is 15.4. The van der Waals surface area contributed by atoms with E-state index in [4.69, 9.17) is 10.4 Å². The first kappa shape index (κ1) is 14.0. The molecule has 1 heterocycles. The van der Waals surface area contributed by atoms with Crippen LogP contribution in [0.15, 0.2) is 16.3 Å². The highest BCUT2D eigenvalue weighted by Gasteiger charge is 2.38. The third-order valence-corrected chi connectivity index (χ3v) is 6.25. The Hall–Kier alpha value is -1.43. The van der Waals surface area contributed by atoms with Gasteiger partial charge in [-0.1, -0.05) is 0 Å². The first-order valence-corrected chi connectivity index (χ1v) is 7.94. The first-order chi connectivity index (χ1) is 8.96. The zero-order valence-corrected chi connectivity index (χ0v) is 11.6. The van der Waals surface area contributed by atoms with Crippen LogP contribution in [0.25, 0.3) is 0 Å². The van der Waals surface area contributed by atoms with E-state index in [1.165, 1.54) is 16.4 Å². The number of aromatic carboxylic acids is 1. The average molecular weight is 300 g/mol. The molecule has 0 amide bonds. The summed E-state index contributed by atoms with van der Waals surface area (Å²) in [6, 6.07) is 4.48. The van der Waals surface area contributed by atoms with E-state index in [-0.39, 0.29) is 28.1 Å². The summed E-state index contributed by atoms with van der Waals surface area (Å²) in [6.07, 6.45) is 1.72. The quantitative estimate of drug-likeness (QED) is 0.858. The standard InChI is InChI=1S/C11H12N2O4S2/c12-6-1-7-13(8-2-3-8)19(16,17)10-5-4-9(18-10)11(14)15/h4-5,8H,1-3,7H2,(H,14,15). The monoisotopic (exact) mass is 300 g/mol. The molecule has 19 heavy (non-hydrogen) atoms. The molecule has 8 heteroatoms. The van der Waals surface area contributed by atoms with Crippen molar-refractivity contribution in [3.8, 4) is 6.07 Å². The van der Waals surface area contributed by atoms with Crippen LogP contribution in [0.3, 0.4) is 0 Å². The number of rotatable bonds is 6. The fourth-order valence-electron chi connectivity index (χ4n) is 1.71. The summed E-state index contributed by atoms with van der Waals surface area (Å²) < 4.78 is 26.1. The number of carboxylic acids is 1. The minimum Gasteiger partial charge on any atom is -0.477 e. The first-order valence-electron chi connectivity index (χ1n) is 5.68. The molecule has 1 N–H and O–H groups in total. The molecule has 1 aliphatic carbocycles. The van der Waals surface area contributed by atoms with E-state index in [0.717, 1.165) is 24.2 Å².